The Morgan fingerprint density at radius 3 is 2.63 bits per heavy atom. The summed E-state index contributed by atoms with van der Waals surface area (Å²) < 4.78 is 4.84. The number of nitrogens with one attached hydrogen (secondary N) is 1. The molecular weight excluding hydrogens is 242 g/mol. The summed E-state index contributed by atoms with van der Waals surface area (Å²) in [5.74, 6) is 0.487. The normalized spacial score (nSPS) is 25.6. The van der Waals surface area contributed by atoms with Gasteiger partial charge in [-0.15, -0.1) is 0 Å². The summed E-state index contributed by atoms with van der Waals surface area (Å²) in [5.41, 5.74) is 1.30. The molecule has 4 nitrogen and oxygen atoms in total. The molecule has 110 valence electrons. The number of allylic oxidation sites excluding steroid dienone is 2. The molecule has 0 aromatic heterocycles. The second kappa shape index (κ2) is 6.53. The summed E-state index contributed by atoms with van der Waals surface area (Å²) in [5, 5.41) is 12.4. The molecule has 0 saturated heterocycles. The van der Waals surface area contributed by atoms with E-state index in [2.05, 4.69) is 39.1 Å². The lowest BCUT2D eigenvalue weighted by molar-refractivity contribution is -0.123. The Balaban J connectivity index is 2.37. The zero-order chi connectivity index (χ0) is 14.6. The monoisotopic (exact) mass is 269 g/mol. The largest absolute Gasteiger partial charge is 0.391 e. The van der Waals surface area contributed by atoms with Crippen LogP contribution in [0, 0.1) is 17.3 Å². The van der Waals surface area contributed by atoms with Gasteiger partial charge in [-0.05, 0) is 31.6 Å². The zero-order valence-electron chi connectivity index (χ0n) is 12.7. The molecular formula is C15H27NO3. The van der Waals surface area contributed by atoms with E-state index < -0.39 is 6.10 Å². The maximum Gasteiger partial charge on any atom is 0.224 e. The van der Waals surface area contributed by atoms with Crippen LogP contribution in [-0.2, 0) is 9.53 Å². The maximum absolute atomic E-state index is 12.1. The molecule has 0 radical (unpaired) electrons. The van der Waals surface area contributed by atoms with Gasteiger partial charge in [-0.2, -0.15) is 0 Å². The van der Waals surface area contributed by atoms with Gasteiger partial charge in [0.2, 0.25) is 5.91 Å². The lowest BCUT2D eigenvalue weighted by atomic mass is 10.1. The third-order valence-electron chi connectivity index (χ3n) is 3.84. The fourth-order valence-electron chi connectivity index (χ4n) is 2.60. The summed E-state index contributed by atoms with van der Waals surface area (Å²) >= 11 is 0. The second-order valence-electron chi connectivity index (χ2n) is 6.26. The van der Waals surface area contributed by atoms with Crippen LogP contribution in [0.2, 0.25) is 0 Å². The standard InChI is InChI=1S/C15H27NO3/c1-10(2)8-12-13(15(12,3)4)14(18)16-7-6-11(17)9-19-5/h8,11-13,17H,6-7,9H2,1-5H3,(H,16,18). The highest BCUT2D eigenvalue weighted by Gasteiger charge is 2.60. The Hall–Kier alpha value is -0.870. The lowest BCUT2D eigenvalue weighted by Crippen LogP contribution is -2.30. The van der Waals surface area contributed by atoms with Crippen LogP contribution >= 0.6 is 0 Å². The molecule has 1 fully saturated rings. The van der Waals surface area contributed by atoms with Crippen LogP contribution in [0.15, 0.2) is 11.6 Å². The van der Waals surface area contributed by atoms with E-state index in [9.17, 15) is 9.90 Å². The topological polar surface area (TPSA) is 58.6 Å². The third kappa shape index (κ3) is 4.32. The molecule has 0 heterocycles. The van der Waals surface area contributed by atoms with E-state index in [1.165, 1.54) is 5.57 Å². The van der Waals surface area contributed by atoms with Crippen molar-refractivity contribution in [2.75, 3.05) is 20.3 Å². The minimum absolute atomic E-state index is 0.0481. The van der Waals surface area contributed by atoms with Gasteiger partial charge < -0.3 is 15.2 Å². The first-order valence-electron chi connectivity index (χ1n) is 6.90. The first-order chi connectivity index (χ1) is 8.80. The van der Waals surface area contributed by atoms with Crippen molar-refractivity contribution in [1.82, 2.24) is 5.32 Å². The van der Waals surface area contributed by atoms with Gasteiger partial charge in [0.15, 0.2) is 0 Å². The smallest absolute Gasteiger partial charge is 0.224 e. The van der Waals surface area contributed by atoms with Gasteiger partial charge in [0.1, 0.15) is 0 Å². The van der Waals surface area contributed by atoms with Gasteiger partial charge in [-0.25, -0.2) is 0 Å². The van der Waals surface area contributed by atoms with Gasteiger partial charge >= 0.3 is 0 Å². The average molecular weight is 269 g/mol. The molecule has 1 amide bonds. The molecule has 2 N–H and O–H groups in total. The second-order valence-corrected chi connectivity index (χ2v) is 6.26. The summed E-state index contributed by atoms with van der Waals surface area (Å²) in [4.78, 5) is 12.1. The molecule has 3 unspecified atom stereocenters. The van der Waals surface area contributed by atoms with E-state index >= 15 is 0 Å². The van der Waals surface area contributed by atoms with Crippen molar-refractivity contribution in [1.29, 1.82) is 0 Å². The molecule has 1 aliphatic rings. The van der Waals surface area contributed by atoms with E-state index in [0.717, 1.165) is 0 Å². The van der Waals surface area contributed by atoms with Crippen LogP contribution in [0.5, 0.6) is 0 Å². The number of rotatable bonds is 7. The van der Waals surface area contributed by atoms with Crippen molar-refractivity contribution >= 4 is 5.91 Å². The number of hydrogen-bond acceptors (Lipinski definition) is 3. The quantitative estimate of drug-likeness (QED) is 0.692. The fraction of sp³-hybridized carbons (Fsp3) is 0.800. The average Bonchev–Trinajstić information content (AvgIpc) is 2.79. The van der Waals surface area contributed by atoms with Crippen molar-refractivity contribution in [2.45, 2.75) is 40.2 Å². The first-order valence-corrected chi connectivity index (χ1v) is 6.90. The predicted octanol–water partition coefficient (Wildman–Crippen LogP) is 1.74. The van der Waals surface area contributed by atoms with Crippen LogP contribution < -0.4 is 5.32 Å². The van der Waals surface area contributed by atoms with Gasteiger partial charge in [0, 0.05) is 13.7 Å². The molecule has 3 atom stereocenters. The summed E-state index contributed by atoms with van der Waals surface area (Å²) in [6.45, 7) is 9.18. The van der Waals surface area contributed by atoms with Gasteiger partial charge in [0.05, 0.1) is 18.6 Å². The number of carbonyl (C=O) groups excluding carboxylic acids is 1. The highest BCUT2D eigenvalue weighted by Crippen LogP contribution is 2.59. The highest BCUT2D eigenvalue weighted by atomic mass is 16.5. The molecule has 1 saturated carbocycles. The minimum Gasteiger partial charge on any atom is -0.391 e. The third-order valence-corrected chi connectivity index (χ3v) is 3.84. The summed E-state index contributed by atoms with van der Waals surface area (Å²) in [7, 11) is 1.55. The number of carbonyl (C=O) groups is 1. The Labute approximate surface area is 116 Å². The molecule has 4 heteroatoms. The molecule has 0 aromatic carbocycles. The summed E-state index contributed by atoms with van der Waals surface area (Å²) in [6, 6.07) is 0. The number of amides is 1. The van der Waals surface area contributed by atoms with Gasteiger partial charge in [-0.3, -0.25) is 4.79 Å². The van der Waals surface area contributed by atoms with Crippen LogP contribution in [0.3, 0.4) is 0 Å². The Morgan fingerprint density at radius 1 is 1.47 bits per heavy atom. The van der Waals surface area contributed by atoms with Crippen molar-refractivity contribution in [2.24, 2.45) is 17.3 Å². The Kier molecular flexibility index (Phi) is 5.56. The predicted molar refractivity (Wildman–Crippen MR) is 75.7 cm³/mol. The SMILES string of the molecule is COCC(O)CCNC(=O)C1C(C=C(C)C)C1(C)C. The Bertz CT molecular complexity index is 345. The molecule has 0 aliphatic heterocycles. The highest BCUT2D eigenvalue weighted by molar-refractivity contribution is 5.83. The van der Waals surface area contributed by atoms with Crippen molar-refractivity contribution in [3.63, 3.8) is 0 Å². The van der Waals surface area contributed by atoms with Crippen LogP contribution in [0.25, 0.3) is 0 Å². The van der Waals surface area contributed by atoms with Crippen LogP contribution in [-0.4, -0.2) is 37.4 Å². The van der Waals surface area contributed by atoms with E-state index in [1.807, 2.05) is 0 Å². The number of ether oxygens (including phenoxy) is 1. The van der Waals surface area contributed by atoms with Crippen LogP contribution in [0.1, 0.15) is 34.1 Å². The van der Waals surface area contributed by atoms with E-state index in [1.54, 1.807) is 7.11 Å². The maximum atomic E-state index is 12.1. The zero-order valence-corrected chi connectivity index (χ0v) is 12.7. The first kappa shape index (κ1) is 16.2. The molecule has 1 aliphatic carbocycles. The lowest BCUT2D eigenvalue weighted by Gasteiger charge is -2.10. The molecule has 0 aromatic rings. The van der Waals surface area contributed by atoms with Crippen LogP contribution in [0.4, 0.5) is 0 Å². The number of methoxy groups -OCH3 is 1. The Morgan fingerprint density at radius 2 is 2.11 bits per heavy atom. The molecule has 0 bridgehead atoms. The summed E-state index contributed by atoms with van der Waals surface area (Å²) in [6.07, 6.45) is 2.20. The fourth-order valence-corrected chi connectivity index (χ4v) is 2.60. The number of aliphatic hydroxyl groups is 1. The minimum atomic E-state index is -0.508. The van der Waals surface area contributed by atoms with E-state index in [4.69, 9.17) is 4.74 Å². The molecule has 19 heavy (non-hydrogen) atoms. The number of hydrogen-bond donors (Lipinski definition) is 2. The van der Waals surface area contributed by atoms with Crippen molar-refractivity contribution < 1.29 is 14.6 Å². The van der Waals surface area contributed by atoms with Crippen molar-refractivity contribution in [3.8, 4) is 0 Å². The van der Waals surface area contributed by atoms with E-state index in [-0.39, 0.29) is 17.2 Å². The van der Waals surface area contributed by atoms with Gasteiger partial charge in [0.25, 0.3) is 0 Å². The van der Waals surface area contributed by atoms with Gasteiger partial charge in [-0.1, -0.05) is 25.5 Å². The number of aliphatic hydroxyl groups excluding tert-OH is 1. The molecule has 0 spiro atoms. The van der Waals surface area contributed by atoms with Crippen molar-refractivity contribution in [3.05, 3.63) is 11.6 Å². The molecule has 1 rings (SSSR count). The van der Waals surface area contributed by atoms with E-state index in [0.29, 0.717) is 25.5 Å².